The fourth-order valence-electron chi connectivity index (χ4n) is 1.71. The molecule has 1 aromatic rings. The van der Waals surface area contributed by atoms with Crippen molar-refractivity contribution in [3.63, 3.8) is 0 Å². The van der Waals surface area contributed by atoms with Crippen molar-refractivity contribution in [2.45, 2.75) is 18.8 Å². The molecule has 0 amide bonds. The Morgan fingerprint density at radius 1 is 1.33 bits per heavy atom. The van der Waals surface area contributed by atoms with Gasteiger partial charge < -0.3 is 4.74 Å². The smallest absolute Gasteiger partial charge is 0.236 e. The minimum atomic E-state index is -3.46. The summed E-state index contributed by atoms with van der Waals surface area (Å²) in [5.41, 5.74) is 3.04. The fourth-order valence-corrected chi connectivity index (χ4v) is 2.66. The lowest BCUT2D eigenvalue weighted by Gasteiger charge is -2.16. The zero-order valence-electron chi connectivity index (χ0n) is 8.07. The van der Waals surface area contributed by atoms with Crippen LogP contribution >= 0.6 is 10.7 Å². The minimum Gasteiger partial charge on any atom is -0.376 e. The lowest BCUT2D eigenvalue weighted by atomic mass is 10.0. The minimum absolute atomic E-state index is 0.108. The van der Waals surface area contributed by atoms with Crippen LogP contribution in [-0.4, -0.2) is 15.0 Å². The van der Waals surface area contributed by atoms with E-state index in [-0.39, 0.29) is 5.75 Å². The van der Waals surface area contributed by atoms with E-state index < -0.39 is 9.05 Å². The highest BCUT2D eigenvalue weighted by molar-refractivity contribution is 8.13. The monoisotopic (exact) mass is 246 g/mol. The Hall–Kier alpha value is -0.580. The molecule has 5 heteroatoms. The van der Waals surface area contributed by atoms with Crippen LogP contribution in [0.15, 0.2) is 18.2 Å². The Labute approximate surface area is 93.4 Å². The van der Waals surface area contributed by atoms with Gasteiger partial charge in [-0.25, -0.2) is 8.42 Å². The Morgan fingerprint density at radius 3 is 2.87 bits per heavy atom. The van der Waals surface area contributed by atoms with Gasteiger partial charge in [-0.1, -0.05) is 18.2 Å². The van der Waals surface area contributed by atoms with E-state index in [9.17, 15) is 8.42 Å². The largest absolute Gasteiger partial charge is 0.376 e. The van der Waals surface area contributed by atoms with Crippen molar-refractivity contribution in [1.82, 2.24) is 0 Å². The average molecular weight is 247 g/mol. The third-order valence-corrected chi connectivity index (χ3v) is 3.39. The van der Waals surface area contributed by atoms with Gasteiger partial charge in [0.1, 0.15) is 0 Å². The summed E-state index contributed by atoms with van der Waals surface area (Å²) in [6.45, 7) is 1.31. The van der Waals surface area contributed by atoms with Crippen LogP contribution in [0, 0.1) is 0 Å². The molecule has 0 N–H and O–H groups in total. The van der Waals surface area contributed by atoms with Gasteiger partial charge in [0.2, 0.25) is 9.05 Å². The van der Waals surface area contributed by atoms with Crippen LogP contribution in [0.2, 0.25) is 0 Å². The van der Waals surface area contributed by atoms with Crippen molar-refractivity contribution in [2.24, 2.45) is 0 Å². The molecule has 2 rings (SSSR count). The van der Waals surface area contributed by atoms with Crippen LogP contribution in [0.25, 0.3) is 0 Å². The zero-order valence-corrected chi connectivity index (χ0v) is 9.64. The Kier molecular flexibility index (Phi) is 3.00. The maximum Gasteiger partial charge on any atom is 0.236 e. The molecule has 1 heterocycles. The molecule has 0 aliphatic carbocycles. The highest BCUT2D eigenvalue weighted by Crippen LogP contribution is 2.20. The van der Waals surface area contributed by atoms with Gasteiger partial charge in [0.05, 0.1) is 19.0 Å². The maximum absolute atomic E-state index is 10.9. The first kappa shape index (κ1) is 10.9. The first-order chi connectivity index (χ1) is 7.04. The van der Waals surface area contributed by atoms with Crippen molar-refractivity contribution >= 4 is 19.7 Å². The highest BCUT2D eigenvalue weighted by atomic mass is 35.7. The summed E-state index contributed by atoms with van der Waals surface area (Å²) in [5.74, 6) is -0.108. The second-order valence-electron chi connectivity index (χ2n) is 3.59. The molecule has 0 saturated carbocycles. The molecule has 0 saturated heterocycles. The molecule has 15 heavy (non-hydrogen) atoms. The molecule has 0 aromatic heterocycles. The molecule has 0 bridgehead atoms. The van der Waals surface area contributed by atoms with Gasteiger partial charge in [-0.15, -0.1) is 0 Å². The number of halogens is 1. The SMILES string of the molecule is O=S(=O)(Cl)Cc1ccc2c(c1)CCOC2. The van der Waals surface area contributed by atoms with E-state index in [1.807, 2.05) is 12.1 Å². The molecule has 0 radical (unpaired) electrons. The van der Waals surface area contributed by atoms with Crippen molar-refractivity contribution in [3.8, 4) is 0 Å². The second kappa shape index (κ2) is 4.12. The predicted octanol–water partition coefficient (Wildman–Crippen LogP) is 1.83. The van der Waals surface area contributed by atoms with Crippen LogP contribution in [0.3, 0.4) is 0 Å². The summed E-state index contributed by atoms with van der Waals surface area (Å²) in [6.07, 6.45) is 0.839. The van der Waals surface area contributed by atoms with Gasteiger partial charge in [0.25, 0.3) is 0 Å². The normalized spacial score (nSPS) is 16.1. The molecule has 0 atom stereocenters. The summed E-state index contributed by atoms with van der Waals surface area (Å²) in [6, 6.07) is 5.59. The first-order valence-electron chi connectivity index (χ1n) is 4.65. The third kappa shape index (κ3) is 2.93. The number of hydrogen-bond donors (Lipinski definition) is 0. The topological polar surface area (TPSA) is 43.4 Å². The summed E-state index contributed by atoms with van der Waals surface area (Å²) in [5, 5.41) is 0. The molecule has 82 valence electrons. The van der Waals surface area contributed by atoms with Crippen LogP contribution in [0.4, 0.5) is 0 Å². The Bertz CT molecular complexity index is 468. The van der Waals surface area contributed by atoms with E-state index in [4.69, 9.17) is 15.4 Å². The van der Waals surface area contributed by atoms with Crippen LogP contribution in [0.5, 0.6) is 0 Å². The van der Waals surface area contributed by atoms with Crippen molar-refractivity contribution < 1.29 is 13.2 Å². The summed E-state index contributed by atoms with van der Waals surface area (Å²) in [4.78, 5) is 0. The van der Waals surface area contributed by atoms with E-state index in [2.05, 4.69) is 0 Å². The quantitative estimate of drug-likeness (QED) is 0.748. The van der Waals surface area contributed by atoms with Gasteiger partial charge in [0, 0.05) is 10.7 Å². The Morgan fingerprint density at radius 2 is 2.13 bits per heavy atom. The third-order valence-electron chi connectivity index (χ3n) is 2.38. The molecule has 0 fully saturated rings. The zero-order chi connectivity index (χ0) is 10.9. The van der Waals surface area contributed by atoms with E-state index >= 15 is 0 Å². The summed E-state index contributed by atoms with van der Waals surface area (Å²) in [7, 11) is 1.74. The molecule has 1 aliphatic rings. The van der Waals surface area contributed by atoms with Crippen LogP contribution in [-0.2, 0) is 32.6 Å². The van der Waals surface area contributed by atoms with Gasteiger partial charge in [-0.05, 0) is 23.1 Å². The van der Waals surface area contributed by atoms with E-state index in [1.165, 1.54) is 5.56 Å². The molecule has 1 aliphatic heterocycles. The fraction of sp³-hybridized carbons (Fsp3) is 0.400. The average Bonchev–Trinajstić information content (AvgIpc) is 2.15. The molecule has 1 aromatic carbocycles. The molecule has 3 nitrogen and oxygen atoms in total. The van der Waals surface area contributed by atoms with Crippen molar-refractivity contribution in [3.05, 3.63) is 34.9 Å². The molecular weight excluding hydrogens is 236 g/mol. The van der Waals surface area contributed by atoms with Gasteiger partial charge in [-0.3, -0.25) is 0 Å². The number of fused-ring (bicyclic) bond motifs is 1. The Balaban J connectivity index is 2.28. The van der Waals surface area contributed by atoms with Crippen molar-refractivity contribution in [1.29, 1.82) is 0 Å². The number of ether oxygens (including phenoxy) is 1. The van der Waals surface area contributed by atoms with Gasteiger partial charge in [0.15, 0.2) is 0 Å². The second-order valence-corrected chi connectivity index (χ2v) is 6.37. The number of hydrogen-bond acceptors (Lipinski definition) is 3. The number of benzene rings is 1. The van der Waals surface area contributed by atoms with E-state index in [0.717, 1.165) is 17.5 Å². The van der Waals surface area contributed by atoms with Gasteiger partial charge in [-0.2, -0.15) is 0 Å². The summed E-state index contributed by atoms with van der Waals surface area (Å²) < 4.78 is 27.1. The first-order valence-corrected chi connectivity index (χ1v) is 7.13. The standard InChI is InChI=1S/C10H11ClO3S/c11-15(12,13)7-8-1-2-10-6-14-4-3-9(10)5-8/h1-2,5H,3-4,6-7H2. The van der Waals surface area contributed by atoms with Crippen molar-refractivity contribution in [2.75, 3.05) is 6.61 Å². The lowest BCUT2D eigenvalue weighted by Crippen LogP contribution is -2.10. The highest BCUT2D eigenvalue weighted by Gasteiger charge is 2.12. The van der Waals surface area contributed by atoms with E-state index in [0.29, 0.717) is 13.2 Å². The molecular formula is C10H11ClO3S. The number of rotatable bonds is 2. The summed E-state index contributed by atoms with van der Waals surface area (Å²) >= 11 is 0. The van der Waals surface area contributed by atoms with Crippen LogP contribution in [0.1, 0.15) is 16.7 Å². The van der Waals surface area contributed by atoms with Gasteiger partial charge >= 0.3 is 0 Å². The predicted molar refractivity (Wildman–Crippen MR) is 58.3 cm³/mol. The molecule has 0 spiro atoms. The molecule has 0 unspecified atom stereocenters. The maximum atomic E-state index is 10.9. The van der Waals surface area contributed by atoms with E-state index in [1.54, 1.807) is 6.07 Å². The lowest BCUT2D eigenvalue weighted by molar-refractivity contribution is 0.110. The van der Waals surface area contributed by atoms with Crippen LogP contribution < -0.4 is 0 Å².